The quantitative estimate of drug-likeness (QED) is 0.930. The normalized spacial score (nSPS) is 24.9. The molecule has 1 fully saturated rings. The van der Waals surface area contributed by atoms with E-state index in [2.05, 4.69) is 6.92 Å². The lowest BCUT2D eigenvalue weighted by molar-refractivity contribution is -0.141. The van der Waals surface area contributed by atoms with Crippen molar-refractivity contribution < 1.29 is 9.53 Å². The zero-order chi connectivity index (χ0) is 14.8. The summed E-state index contributed by atoms with van der Waals surface area (Å²) in [6.45, 7) is 5.31. The van der Waals surface area contributed by atoms with Crippen LogP contribution in [0.1, 0.15) is 25.8 Å². The lowest BCUT2D eigenvalue weighted by Gasteiger charge is -2.39. The number of likely N-dealkylation sites (tertiary alicyclic amines) is 1. The molecule has 3 atom stereocenters. The molecule has 1 aromatic carbocycles. The minimum atomic E-state index is -0.986. The molecule has 1 heterocycles. The van der Waals surface area contributed by atoms with Gasteiger partial charge in [-0.1, -0.05) is 37.3 Å². The van der Waals surface area contributed by atoms with Crippen molar-refractivity contribution in [2.45, 2.75) is 31.9 Å². The first-order chi connectivity index (χ1) is 9.46. The van der Waals surface area contributed by atoms with Gasteiger partial charge in [0.1, 0.15) is 5.54 Å². The summed E-state index contributed by atoms with van der Waals surface area (Å²) < 4.78 is 5.47. The largest absolute Gasteiger partial charge is 0.379 e. The van der Waals surface area contributed by atoms with Gasteiger partial charge in [0.15, 0.2) is 0 Å². The summed E-state index contributed by atoms with van der Waals surface area (Å²) in [5.74, 6) is 0.447. The van der Waals surface area contributed by atoms with Crippen LogP contribution in [0.25, 0.3) is 0 Å². The monoisotopic (exact) mass is 312 g/mol. The van der Waals surface area contributed by atoms with E-state index >= 15 is 0 Å². The number of benzene rings is 1. The highest BCUT2D eigenvalue weighted by molar-refractivity contribution is 5.87. The van der Waals surface area contributed by atoms with E-state index in [1.165, 1.54) is 0 Å². The lowest BCUT2D eigenvalue weighted by Crippen LogP contribution is -2.55. The maximum Gasteiger partial charge on any atom is 0.247 e. The number of halogens is 1. The molecule has 3 unspecified atom stereocenters. The van der Waals surface area contributed by atoms with Gasteiger partial charge in [-0.2, -0.15) is 0 Å². The molecule has 1 amide bonds. The second kappa shape index (κ2) is 7.25. The highest BCUT2D eigenvalue weighted by atomic mass is 35.5. The summed E-state index contributed by atoms with van der Waals surface area (Å²) in [6.07, 6.45) is 1.05. The van der Waals surface area contributed by atoms with Gasteiger partial charge >= 0.3 is 0 Å². The maximum absolute atomic E-state index is 12.7. The van der Waals surface area contributed by atoms with Gasteiger partial charge in [-0.25, -0.2) is 0 Å². The van der Waals surface area contributed by atoms with Crippen LogP contribution in [-0.4, -0.2) is 37.1 Å². The van der Waals surface area contributed by atoms with Gasteiger partial charge in [0.05, 0.1) is 6.10 Å². The number of nitrogens with zero attached hydrogens (tertiary/aromatic N) is 1. The molecule has 0 aromatic heterocycles. The summed E-state index contributed by atoms with van der Waals surface area (Å²) in [7, 11) is 1.70. The molecule has 2 N–H and O–H groups in total. The zero-order valence-corrected chi connectivity index (χ0v) is 13.7. The van der Waals surface area contributed by atoms with E-state index in [1.807, 2.05) is 35.2 Å². The maximum atomic E-state index is 12.7. The summed E-state index contributed by atoms with van der Waals surface area (Å²) in [4.78, 5) is 14.6. The Hall–Kier alpha value is -1.10. The SMILES string of the molecule is COC1CN(C(=O)C(C)(N)c2ccccc2)CCC1C.Cl. The van der Waals surface area contributed by atoms with Crippen LogP contribution in [0.2, 0.25) is 0 Å². The topological polar surface area (TPSA) is 55.6 Å². The molecule has 4 nitrogen and oxygen atoms in total. The first-order valence-electron chi connectivity index (χ1n) is 7.13. The van der Waals surface area contributed by atoms with Crippen molar-refractivity contribution in [2.75, 3.05) is 20.2 Å². The van der Waals surface area contributed by atoms with E-state index in [1.54, 1.807) is 14.0 Å². The van der Waals surface area contributed by atoms with Crippen molar-refractivity contribution in [1.29, 1.82) is 0 Å². The van der Waals surface area contributed by atoms with Gasteiger partial charge in [-0.15, -0.1) is 12.4 Å². The van der Waals surface area contributed by atoms with Crippen molar-refractivity contribution in [2.24, 2.45) is 11.7 Å². The number of carbonyl (C=O) groups is 1. The summed E-state index contributed by atoms with van der Waals surface area (Å²) in [5, 5.41) is 0. The predicted octanol–water partition coefficient (Wildman–Crippen LogP) is 2.17. The van der Waals surface area contributed by atoms with E-state index in [4.69, 9.17) is 10.5 Å². The number of ether oxygens (including phenoxy) is 1. The van der Waals surface area contributed by atoms with Crippen molar-refractivity contribution in [3.63, 3.8) is 0 Å². The Morgan fingerprint density at radius 2 is 2.00 bits per heavy atom. The average Bonchev–Trinajstić information content (AvgIpc) is 2.48. The summed E-state index contributed by atoms with van der Waals surface area (Å²) in [5.41, 5.74) is 6.16. The number of hydrogen-bond acceptors (Lipinski definition) is 3. The predicted molar refractivity (Wildman–Crippen MR) is 86.4 cm³/mol. The number of hydrogen-bond donors (Lipinski definition) is 1. The fourth-order valence-corrected chi connectivity index (χ4v) is 2.76. The zero-order valence-electron chi connectivity index (χ0n) is 12.9. The van der Waals surface area contributed by atoms with Crippen molar-refractivity contribution in [3.8, 4) is 0 Å². The highest BCUT2D eigenvalue weighted by Gasteiger charge is 2.38. The van der Waals surface area contributed by atoms with Gasteiger partial charge in [0.25, 0.3) is 0 Å². The molecule has 1 aliphatic rings. The van der Waals surface area contributed by atoms with Crippen molar-refractivity contribution >= 4 is 18.3 Å². The molecule has 0 spiro atoms. The number of carbonyl (C=O) groups excluding carboxylic acids is 1. The molecule has 1 aromatic rings. The Bertz CT molecular complexity index is 465. The molecule has 0 bridgehead atoms. The van der Waals surface area contributed by atoms with Crippen LogP contribution in [-0.2, 0) is 15.1 Å². The van der Waals surface area contributed by atoms with E-state index in [0.717, 1.165) is 18.5 Å². The molecule has 1 saturated heterocycles. The van der Waals surface area contributed by atoms with Crippen LogP contribution >= 0.6 is 12.4 Å². The third kappa shape index (κ3) is 3.76. The number of nitrogens with two attached hydrogens (primary N) is 1. The third-order valence-electron chi connectivity index (χ3n) is 4.30. The third-order valence-corrected chi connectivity index (χ3v) is 4.30. The number of methoxy groups -OCH3 is 1. The second-order valence-electron chi connectivity index (χ2n) is 5.86. The van der Waals surface area contributed by atoms with Crippen molar-refractivity contribution in [3.05, 3.63) is 35.9 Å². The Balaban J connectivity index is 0.00000220. The van der Waals surface area contributed by atoms with E-state index in [0.29, 0.717) is 12.5 Å². The fourth-order valence-electron chi connectivity index (χ4n) is 2.76. The molecule has 0 radical (unpaired) electrons. The second-order valence-corrected chi connectivity index (χ2v) is 5.86. The van der Waals surface area contributed by atoms with Gasteiger partial charge in [0.2, 0.25) is 5.91 Å². The molecule has 2 rings (SSSR count). The standard InChI is InChI=1S/C16H24N2O2.ClH/c1-12-9-10-18(11-14(12)20-3)15(19)16(2,17)13-7-5-4-6-8-13;/h4-8,12,14H,9-11,17H2,1-3H3;1H. The Morgan fingerprint density at radius 1 is 1.38 bits per heavy atom. The number of amides is 1. The first kappa shape index (κ1) is 18.0. The summed E-state index contributed by atoms with van der Waals surface area (Å²) in [6, 6.07) is 9.54. The number of piperidine rings is 1. The molecule has 0 saturated carbocycles. The molecule has 0 aliphatic carbocycles. The first-order valence-corrected chi connectivity index (χ1v) is 7.13. The molecular formula is C16H25ClN2O2. The number of rotatable bonds is 3. The fraction of sp³-hybridized carbons (Fsp3) is 0.562. The molecule has 1 aliphatic heterocycles. The van der Waals surface area contributed by atoms with Crippen LogP contribution in [0.5, 0.6) is 0 Å². The van der Waals surface area contributed by atoms with Crippen LogP contribution in [0.3, 0.4) is 0 Å². The summed E-state index contributed by atoms with van der Waals surface area (Å²) >= 11 is 0. The van der Waals surface area contributed by atoms with Crippen LogP contribution in [0.15, 0.2) is 30.3 Å². The van der Waals surface area contributed by atoms with E-state index < -0.39 is 5.54 Å². The van der Waals surface area contributed by atoms with Gasteiger partial charge in [-0.05, 0) is 24.8 Å². The minimum Gasteiger partial charge on any atom is -0.379 e. The van der Waals surface area contributed by atoms with Crippen molar-refractivity contribution in [1.82, 2.24) is 4.90 Å². The molecule has 118 valence electrons. The van der Waals surface area contributed by atoms with Gasteiger partial charge < -0.3 is 15.4 Å². The Labute approximate surface area is 133 Å². The Kier molecular flexibility index (Phi) is 6.20. The van der Waals surface area contributed by atoms with Gasteiger partial charge in [0, 0.05) is 20.2 Å². The molecule has 21 heavy (non-hydrogen) atoms. The lowest BCUT2D eigenvalue weighted by atomic mass is 9.89. The molecular weight excluding hydrogens is 288 g/mol. The van der Waals surface area contributed by atoms with Gasteiger partial charge in [-0.3, -0.25) is 4.79 Å². The van der Waals surface area contributed by atoms with Crippen LogP contribution in [0, 0.1) is 5.92 Å². The van der Waals surface area contributed by atoms with E-state index in [-0.39, 0.29) is 24.4 Å². The smallest absolute Gasteiger partial charge is 0.247 e. The van der Waals surface area contributed by atoms with Crippen LogP contribution < -0.4 is 5.73 Å². The highest BCUT2D eigenvalue weighted by Crippen LogP contribution is 2.25. The average molecular weight is 313 g/mol. The molecule has 5 heteroatoms. The van der Waals surface area contributed by atoms with Crippen LogP contribution in [0.4, 0.5) is 0 Å². The Morgan fingerprint density at radius 3 is 2.57 bits per heavy atom. The minimum absolute atomic E-state index is 0. The van der Waals surface area contributed by atoms with E-state index in [9.17, 15) is 4.79 Å².